The van der Waals surface area contributed by atoms with Crippen LogP contribution < -0.4 is 9.62 Å². The molecule has 5 rings (SSSR count). The summed E-state index contributed by atoms with van der Waals surface area (Å²) in [6.07, 6.45) is 3.37. The number of hydrogen-bond acceptors (Lipinski definition) is 6. The van der Waals surface area contributed by atoms with Gasteiger partial charge in [0.15, 0.2) is 5.13 Å². The number of hydrogen-bond donors (Lipinski definition) is 1. The maximum atomic E-state index is 13.6. The van der Waals surface area contributed by atoms with Gasteiger partial charge in [0.2, 0.25) is 5.91 Å². The fourth-order valence-corrected chi connectivity index (χ4v) is 6.42. The van der Waals surface area contributed by atoms with Gasteiger partial charge in [0, 0.05) is 60.0 Å². The van der Waals surface area contributed by atoms with Crippen LogP contribution in [0.15, 0.2) is 71.2 Å². The van der Waals surface area contributed by atoms with Gasteiger partial charge >= 0.3 is 0 Å². The first-order chi connectivity index (χ1) is 17.2. The van der Waals surface area contributed by atoms with Gasteiger partial charge in [-0.05, 0) is 62.4 Å². The number of rotatable bonds is 6. The third-order valence-corrected chi connectivity index (χ3v) is 8.71. The Kier molecular flexibility index (Phi) is 6.44. The van der Waals surface area contributed by atoms with E-state index in [1.54, 1.807) is 41.9 Å². The van der Waals surface area contributed by atoms with E-state index in [0.717, 1.165) is 16.6 Å². The fraction of sp³-hybridized carbons (Fsp3) is 0.280. The van der Waals surface area contributed by atoms with Crippen LogP contribution in [0, 0.1) is 5.82 Å². The quantitative estimate of drug-likeness (QED) is 0.403. The van der Waals surface area contributed by atoms with Gasteiger partial charge in [-0.3, -0.25) is 9.52 Å². The molecule has 1 amide bonds. The molecule has 11 heteroatoms. The van der Waals surface area contributed by atoms with Crippen molar-refractivity contribution in [2.24, 2.45) is 0 Å². The molecule has 36 heavy (non-hydrogen) atoms. The summed E-state index contributed by atoms with van der Waals surface area (Å²) < 4.78 is 43.1. The van der Waals surface area contributed by atoms with E-state index in [1.165, 1.54) is 23.5 Å². The van der Waals surface area contributed by atoms with E-state index >= 15 is 0 Å². The lowest BCUT2D eigenvalue weighted by molar-refractivity contribution is -0.136. The molecular formula is C25H26FN5O3S2. The summed E-state index contributed by atoms with van der Waals surface area (Å²) in [6, 6.07) is 12.7. The predicted molar refractivity (Wildman–Crippen MR) is 139 cm³/mol. The Hall–Kier alpha value is -3.44. The first kappa shape index (κ1) is 24.3. The van der Waals surface area contributed by atoms with E-state index in [4.69, 9.17) is 0 Å². The second-order valence-electron chi connectivity index (χ2n) is 8.87. The minimum Gasteiger partial charge on any atom is -0.368 e. The van der Waals surface area contributed by atoms with Gasteiger partial charge in [0.25, 0.3) is 10.0 Å². The Labute approximate surface area is 213 Å². The molecule has 1 aliphatic heterocycles. The summed E-state index contributed by atoms with van der Waals surface area (Å²) in [5, 5.41) is 2.79. The number of piperazine rings is 1. The molecule has 2 aromatic heterocycles. The lowest BCUT2D eigenvalue weighted by Gasteiger charge is -2.42. The summed E-state index contributed by atoms with van der Waals surface area (Å²) in [5.41, 5.74) is 1.72. The molecule has 0 spiro atoms. The zero-order valence-corrected chi connectivity index (χ0v) is 21.5. The molecule has 0 radical (unpaired) electrons. The minimum atomic E-state index is -3.71. The van der Waals surface area contributed by atoms with Crippen molar-refractivity contribution in [2.45, 2.75) is 30.8 Å². The topological polar surface area (TPSA) is 87.5 Å². The number of sulfonamides is 1. The van der Waals surface area contributed by atoms with E-state index in [-0.39, 0.29) is 22.7 Å². The fourth-order valence-electron chi connectivity index (χ4n) is 4.63. The van der Waals surface area contributed by atoms with E-state index < -0.39 is 16.1 Å². The number of nitrogens with one attached hydrogen (secondary N) is 1. The summed E-state index contributed by atoms with van der Waals surface area (Å²) in [6.45, 7) is 5.67. The number of aromatic nitrogens is 2. The minimum absolute atomic E-state index is 0.0127. The predicted octanol–water partition coefficient (Wildman–Crippen LogP) is 4.34. The van der Waals surface area contributed by atoms with Crippen molar-refractivity contribution in [1.29, 1.82) is 0 Å². The smallest absolute Gasteiger partial charge is 0.263 e. The van der Waals surface area contributed by atoms with Crippen LogP contribution in [0.5, 0.6) is 0 Å². The molecule has 8 nitrogen and oxygen atoms in total. The SMILES string of the molecule is CC1CN(c2ccc(S(=O)(=O)Nc3nccs3)cc2)CCN1C(=O)C(C)n1ccc2cc(F)ccc21. The van der Waals surface area contributed by atoms with Crippen LogP contribution in [0.25, 0.3) is 10.9 Å². The van der Waals surface area contributed by atoms with Crippen molar-refractivity contribution < 1.29 is 17.6 Å². The molecule has 0 aliphatic carbocycles. The molecule has 188 valence electrons. The molecule has 2 unspecified atom stereocenters. The van der Waals surface area contributed by atoms with Crippen molar-refractivity contribution in [3.8, 4) is 0 Å². The zero-order chi connectivity index (χ0) is 25.4. The largest absolute Gasteiger partial charge is 0.368 e. The van der Waals surface area contributed by atoms with Crippen molar-refractivity contribution >= 4 is 49.0 Å². The first-order valence-corrected chi connectivity index (χ1v) is 13.9. The normalized spacial score (nSPS) is 17.4. The zero-order valence-electron chi connectivity index (χ0n) is 19.8. The molecular weight excluding hydrogens is 501 g/mol. The van der Waals surface area contributed by atoms with Crippen molar-refractivity contribution in [3.05, 3.63) is 72.1 Å². The standard InChI is InChI=1S/C25H26FN5O3S2/c1-17-16-29(21-4-6-22(7-5-21)36(33,34)28-25-27-10-14-35-25)12-13-30(17)24(32)18(2)31-11-9-19-15-20(26)3-8-23(19)31/h3-11,14-15,17-18H,12-13,16H2,1-2H3,(H,27,28). The van der Waals surface area contributed by atoms with Gasteiger partial charge in [-0.2, -0.15) is 0 Å². The van der Waals surface area contributed by atoms with Crippen molar-refractivity contribution in [3.63, 3.8) is 0 Å². The maximum Gasteiger partial charge on any atom is 0.263 e. The molecule has 3 heterocycles. The van der Waals surface area contributed by atoms with Crippen LogP contribution in [-0.4, -0.2) is 54.5 Å². The van der Waals surface area contributed by atoms with Crippen LogP contribution in [0.3, 0.4) is 0 Å². The summed E-state index contributed by atoms with van der Waals surface area (Å²) >= 11 is 1.22. The molecule has 4 aromatic rings. The monoisotopic (exact) mass is 527 g/mol. The number of carbonyl (C=O) groups is 1. The molecule has 1 fully saturated rings. The van der Waals surface area contributed by atoms with Gasteiger partial charge in [0.05, 0.1) is 4.90 Å². The number of benzene rings is 2. The molecule has 2 atom stereocenters. The number of nitrogens with zero attached hydrogens (tertiary/aromatic N) is 4. The Morgan fingerprint density at radius 1 is 1.17 bits per heavy atom. The lowest BCUT2D eigenvalue weighted by Crippen LogP contribution is -2.55. The molecule has 1 aliphatic rings. The highest BCUT2D eigenvalue weighted by Gasteiger charge is 2.31. The van der Waals surface area contributed by atoms with E-state index in [2.05, 4.69) is 14.6 Å². The summed E-state index contributed by atoms with van der Waals surface area (Å²) in [4.78, 5) is 21.5. The number of fused-ring (bicyclic) bond motifs is 1. The number of halogens is 1. The second kappa shape index (κ2) is 9.55. The lowest BCUT2D eigenvalue weighted by atomic mass is 10.1. The molecule has 2 aromatic carbocycles. The highest BCUT2D eigenvalue weighted by molar-refractivity contribution is 7.93. The highest BCUT2D eigenvalue weighted by atomic mass is 32.2. The molecule has 0 saturated carbocycles. The van der Waals surface area contributed by atoms with Gasteiger partial charge in [-0.15, -0.1) is 11.3 Å². The van der Waals surface area contributed by atoms with Gasteiger partial charge in [0.1, 0.15) is 11.9 Å². The Balaban J connectivity index is 1.25. The maximum absolute atomic E-state index is 13.6. The highest BCUT2D eigenvalue weighted by Crippen LogP contribution is 2.26. The van der Waals surface area contributed by atoms with E-state index in [9.17, 15) is 17.6 Å². The summed E-state index contributed by atoms with van der Waals surface area (Å²) in [5.74, 6) is -0.288. The van der Waals surface area contributed by atoms with Crippen LogP contribution in [0.2, 0.25) is 0 Å². The first-order valence-electron chi connectivity index (χ1n) is 11.6. The van der Waals surface area contributed by atoms with Crippen molar-refractivity contribution in [1.82, 2.24) is 14.5 Å². The number of amides is 1. The average Bonchev–Trinajstić information content (AvgIpc) is 3.52. The average molecular weight is 528 g/mol. The van der Waals surface area contributed by atoms with E-state index in [1.807, 2.05) is 35.6 Å². The number of anilines is 2. The Morgan fingerprint density at radius 2 is 1.94 bits per heavy atom. The molecule has 0 bridgehead atoms. The van der Waals surface area contributed by atoms with E-state index in [0.29, 0.717) is 24.8 Å². The Bertz CT molecular complexity index is 1490. The van der Waals surface area contributed by atoms with Crippen LogP contribution in [0.4, 0.5) is 15.2 Å². The number of thiazole rings is 1. The molecule has 1 saturated heterocycles. The van der Waals surface area contributed by atoms with Crippen molar-refractivity contribution in [2.75, 3.05) is 29.3 Å². The van der Waals surface area contributed by atoms with Gasteiger partial charge < -0.3 is 14.4 Å². The third kappa shape index (κ3) is 4.68. The third-order valence-electron chi connectivity index (χ3n) is 6.53. The van der Waals surface area contributed by atoms with Crippen LogP contribution >= 0.6 is 11.3 Å². The number of carbonyl (C=O) groups excluding carboxylic acids is 1. The van der Waals surface area contributed by atoms with Gasteiger partial charge in [-0.1, -0.05) is 0 Å². The summed E-state index contributed by atoms with van der Waals surface area (Å²) in [7, 11) is -3.71. The second-order valence-corrected chi connectivity index (χ2v) is 11.4. The Morgan fingerprint density at radius 3 is 2.64 bits per heavy atom. The molecule has 1 N–H and O–H groups in total. The van der Waals surface area contributed by atoms with Crippen LogP contribution in [-0.2, 0) is 14.8 Å². The van der Waals surface area contributed by atoms with Crippen LogP contribution in [0.1, 0.15) is 19.9 Å². The van der Waals surface area contributed by atoms with Gasteiger partial charge in [-0.25, -0.2) is 17.8 Å².